The van der Waals surface area contributed by atoms with Gasteiger partial charge >= 0.3 is 0 Å². The summed E-state index contributed by atoms with van der Waals surface area (Å²) in [6.45, 7) is 0. The van der Waals surface area contributed by atoms with Crippen LogP contribution in [-0.2, 0) is 11.2 Å². The van der Waals surface area contributed by atoms with E-state index < -0.39 is 0 Å². The number of fused-ring (bicyclic) bond motifs is 1. The van der Waals surface area contributed by atoms with Crippen molar-refractivity contribution in [2.45, 2.75) is 12.3 Å². The fourth-order valence-corrected chi connectivity index (χ4v) is 3.15. The van der Waals surface area contributed by atoms with Crippen molar-refractivity contribution in [2.24, 2.45) is 0 Å². The highest BCUT2D eigenvalue weighted by Crippen LogP contribution is 2.38. The summed E-state index contributed by atoms with van der Waals surface area (Å²) >= 11 is 1.72. The number of likely N-dealkylation sites (N-methyl/N-ethyl adjacent to an activating group) is 1. The molecule has 17 heavy (non-hydrogen) atoms. The summed E-state index contributed by atoms with van der Waals surface area (Å²) in [6.07, 6.45) is 0.817. The van der Waals surface area contributed by atoms with Gasteiger partial charge in [0, 0.05) is 17.6 Å². The van der Waals surface area contributed by atoms with Crippen molar-refractivity contribution in [1.82, 2.24) is 0 Å². The van der Waals surface area contributed by atoms with Crippen molar-refractivity contribution in [3.05, 3.63) is 52.2 Å². The first-order valence-electron chi connectivity index (χ1n) is 5.66. The Morgan fingerprint density at radius 1 is 1.24 bits per heavy atom. The van der Waals surface area contributed by atoms with Crippen molar-refractivity contribution in [3.63, 3.8) is 0 Å². The zero-order chi connectivity index (χ0) is 11.8. The van der Waals surface area contributed by atoms with Gasteiger partial charge in [-0.2, -0.15) is 0 Å². The molecule has 1 aliphatic rings. The molecule has 1 amide bonds. The minimum absolute atomic E-state index is 0.00477. The molecular formula is C14H13NOS. The van der Waals surface area contributed by atoms with Crippen molar-refractivity contribution in [3.8, 4) is 0 Å². The molecule has 2 aromatic rings. The molecule has 0 saturated heterocycles. The Hall–Kier alpha value is -1.61. The van der Waals surface area contributed by atoms with Crippen LogP contribution in [0.2, 0.25) is 0 Å². The van der Waals surface area contributed by atoms with Crippen LogP contribution in [0, 0.1) is 0 Å². The van der Waals surface area contributed by atoms with Gasteiger partial charge in [-0.05, 0) is 29.5 Å². The van der Waals surface area contributed by atoms with Gasteiger partial charge in [0.2, 0.25) is 5.91 Å². The van der Waals surface area contributed by atoms with E-state index in [-0.39, 0.29) is 11.8 Å². The summed E-state index contributed by atoms with van der Waals surface area (Å²) in [7, 11) is 1.86. The number of hydrogen-bond donors (Lipinski definition) is 0. The SMILES string of the molecule is CN1C(=O)[C@@H](Cc2cccs2)c2ccccc21. The highest BCUT2D eigenvalue weighted by atomic mass is 32.1. The zero-order valence-electron chi connectivity index (χ0n) is 9.59. The number of thiophene rings is 1. The van der Waals surface area contributed by atoms with E-state index in [1.807, 2.05) is 31.3 Å². The molecule has 0 N–H and O–H groups in total. The number of para-hydroxylation sites is 1. The number of anilines is 1. The fraction of sp³-hybridized carbons (Fsp3) is 0.214. The van der Waals surface area contributed by atoms with Crippen LogP contribution in [0.5, 0.6) is 0 Å². The normalized spacial score (nSPS) is 18.5. The minimum Gasteiger partial charge on any atom is -0.315 e. The van der Waals surface area contributed by atoms with Crippen LogP contribution in [0.1, 0.15) is 16.4 Å². The summed E-state index contributed by atoms with van der Waals surface area (Å²) in [5.74, 6) is 0.203. The van der Waals surface area contributed by atoms with Crippen molar-refractivity contribution >= 4 is 22.9 Å². The Balaban J connectivity index is 1.98. The van der Waals surface area contributed by atoms with Gasteiger partial charge in [0.1, 0.15) is 0 Å². The summed E-state index contributed by atoms with van der Waals surface area (Å²) < 4.78 is 0. The number of nitrogens with zero attached hydrogens (tertiary/aromatic N) is 1. The molecule has 0 saturated carbocycles. The lowest BCUT2D eigenvalue weighted by Gasteiger charge is -2.10. The van der Waals surface area contributed by atoms with Crippen LogP contribution >= 0.6 is 11.3 Å². The molecule has 1 aromatic carbocycles. The Morgan fingerprint density at radius 3 is 2.82 bits per heavy atom. The van der Waals surface area contributed by atoms with E-state index in [0.29, 0.717) is 0 Å². The van der Waals surface area contributed by atoms with Gasteiger partial charge in [-0.15, -0.1) is 11.3 Å². The van der Waals surface area contributed by atoms with E-state index in [1.165, 1.54) is 4.88 Å². The molecule has 0 fully saturated rings. The zero-order valence-corrected chi connectivity index (χ0v) is 10.4. The first kappa shape index (κ1) is 10.5. The first-order valence-corrected chi connectivity index (χ1v) is 6.54. The Morgan fingerprint density at radius 2 is 2.06 bits per heavy atom. The molecule has 0 unspecified atom stereocenters. The highest BCUT2D eigenvalue weighted by Gasteiger charge is 2.34. The van der Waals surface area contributed by atoms with Crippen LogP contribution in [-0.4, -0.2) is 13.0 Å². The standard InChI is InChI=1S/C14H13NOS/c1-15-13-7-3-2-6-11(13)12(14(15)16)9-10-5-4-8-17-10/h2-8,12H,9H2,1H3/t12-/m0/s1. The summed E-state index contributed by atoms with van der Waals surface area (Å²) in [6, 6.07) is 12.2. The molecule has 1 aromatic heterocycles. The van der Waals surface area contributed by atoms with E-state index in [4.69, 9.17) is 0 Å². The average Bonchev–Trinajstić information content (AvgIpc) is 2.94. The summed E-state index contributed by atoms with van der Waals surface area (Å²) in [5.41, 5.74) is 2.22. The topological polar surface area (TPSA) is 20.3 Å². The highest BCUT2D eigenvalue weighted by molar-refractivity contribution is 7.09. The van der Waals surface area contributed by atoms with Crippen molar-refractivity contribution < 1.29 is 4.79 Å². The van der Waals surface area contributed by atoms with E-state index in [0.717, 1.165) is 17.7 Å². The van der Waals surface area contributed by atoms with Crippen LogP contribution in [0.25, 0.3) is 0 Å². The fourth-order valence-electron chi connectivity index (χ4n) is 2.40. The molecule has 1 aliphatic heterocycles. The lowest BCUT2D eigenvalue weighted by Crippen LogP contribution is -2.24. The third-order valence-corrected chi connectivity index (χ3v) is 4.19. The Bertz CT molecular complexity index is 547. The molecule has 3 rings (SSSR count). The molecule has 1 atom stereocenters. The third kappa shape index (κ3) is 1.67. The molecule has 86 valence electrons. The molecule has 0 spiro atoms. The number of benzene rings is 1. The molecule has 0 bridgehead atoms. The second-order valence-corrected chi connectivity index (χ2v) is 5.32. The maximum atomic E-state index is 12.2. The van der Waals surface area contributed by atoms with E-state index in [1.54, 1.807) is 16.2 Å². The van der Waals surface area contributed by atoms with Gasteiger partial charge < -0.3 is 4.90 Å². The molecule has 2 heterocycles. The quantitative estimate of drug-likeness (QED) is 0.794. The molecule has 3 heteroatoms. The molecule has 2 nitrogen and oxygen atoms in total. The van der Waals surface area contributed by atoms with Crippen LogP contribution in [0.4, 0.5) is 5.69 Å². The van der Waals surface area contributed by atoms with E-state index in [9.17, 15) is 4.79 Å². The average molecular weight is 243 g/mol. The van der Waals surface area contributed by atoms with E-state index >= 15 is 0 Å². The lowest BCUT2D eigenvalue weighted by atomic mass is 9.97. The predicted molar refractivity (Wildman–Crippen MR) is 70.6 cm³/mol. The summed E-state index contributed by atoms with van der Waals surface area (Å²) in [5, 5.41) is 2.06. The Labute approximate surface area is 105 Å². The van der Waals surface area contributed by atoms with Crippen LogP contribution < -0.4 is 4.90 Å². The van der Waals surface area contributed by atoms with Gasteiger partial charge in [-0.1, -0.05) is 24.3 Å². The third-order valence-electron chi connectivity index (χ3n) is 3.29. The van der Waals surface area contributed by atoms with Crippen molar-refractivity contribution in [2.75, 3.05) is 11.9 Å². The van der Waals surface area contributed by atoms with Crippen LogP contribution in [0.15, 0.2) is 41.8 Å². The monoisotopic (exact) mass is 243 g/mol. The van der Waals surface area contributed by atoms with Gasteiger partial charge in [-0.25, -0.2) is 0 Å². The maximum absolute atomic E-state index is 12.2. The second kappa shape index (κ2) is 4.00. The lowest BCUT2D eigenvalue weighted by molar-refractivity contribution is -0.119. The van der Waals surface area contributed by atoms with Gasteiger partial charge in [0.25, 0.3) is 0 Å². The maximum Gasteiger partial charge on any atom is 0.234 e. The first-order chi connectivity index (χ1) is 8.27. The smallest absolute Gasteiger partial charge is 0.234 e. The number of amides is 1. The van der Waals surface area contributed by atoms with Gasteiger partial charge in [0.15, 0.2) is 0 Å². The molecule has 0 radical (unpaired) electrons. The van der Waals surface area contributed by atoms with Crippen LogP contribution in [0.3, 0.4) is 0 Å². The van der Waals surface area contributed by atoms with Crippen molar-refractivity contribution in [1.29, 1.82) is 0 Å². The Kier molecular flexibility index (Phi) is 2.48. The summed E-state index contributed by atoms with van der Waals surface area (Å²) in [4.78, 5) is 15.3. The predicted octanol–water partition coefficient (Wildman–Crippen LogP) is 3.05. The second-order valence-electron chi connectivity index (χ2n) is 4.29. The molecule has 0 aliphatic carbocycles. The minimum atomic E-state index is -0.00477. The van der Waals surface area contributed by atoms with Gasteiger partial charge in [-0.3, -0.25) is 4.79 Å². The van der Waals surface area contributed by atoms with Gasteiger partial charge in [0.05, 0.1) is 5.92 Å². The number of hydrogen-bond acceptors (Lipinski definition) is 2. The number of rotatable bonds is 2. The molecular weight excluding hydrogens is 230 g/mol. The number of carbonyl (C=O) groups excluding carboxylic acids is 1. The largest absolute Gasteiger partial charge is 0.315 e. The number of carbonyl (C=O) groups is 1. The van der Waals surface area contributed by atoms with E-state index in [2.05, 4.69) is 17.5 Å².